The van der Waals surface area contributed by atoms with E-state index >= 15 is 0 Å². The first-order valence-corrected chi connectivity index (χ1v) is 7.40. The van der Waals surface area contributed by atoms with E-state index in [0.29, 0.717) is 18.9 Å². The highest BCUT2D eigenvalue weighted by Gasteiger charge is 2.29. The Morgan fingerprint density at radius 1 is 1.44 bits per heavy atom. The molecule has 94 valence electrons. The van der Waals surface area contributed by atoms with E-state index in [1.807, 2.05) is 0 Å². The Hall–Kier alpha value is -0.620. The van der Waals surface area contributed by atoms with Crippen LogP contribution in [0.1, 0.15) is 32.6 Å². The number of nitrogens with one attached hydrogen (secondary N) is 1. The zero-order valence-corrected chi connectivity index (χ0v) is 10.4. The standard InChI is InChI=1S/C10H20N2O3S/c1-8-4-2-5-9(8)10(13)12-6-3-7-16(11,14)15/h8-9H,2-7H2,1H3,(H,12,13)(H2,11,14,15). The summed E-state index contributed by atoms with van der Waals surface area (Å²) < 4.78 is 21.3. The van der Waals surface area contributed by atoms with Crippen LogP contribution in [0.5, 0.6) is 0 Å². The molecule has 0 aromatic rings. The normalized spacial score (nSPS) is 25.6. The summed E-state index contributed by atoms with van der Waals surface area (Å²) in [6.07, 6.45) is 3.54. The van der Waals surface area contributed by atoms with Gasteiger partial charge < -0.3 is 5.32 Å². The number of hydrogen-bond donors (Lipinski definition) is 2. The van der Waals surface area contributed by atoms with Gasteiger partial charge in [-0.15, -0.1) is 0 Å². The van der Waals surface area contributed by atoms with E-state index in [1.54, 1.807) is 0 Å². The molecular weight excluding hydrogens is 228 g/mol. The van der Waals surface area contributed by atoms with Crippen molar-refractivity contribution in [3.63, 3.8) is 0 Å². The molecule has 0 spiro atoms. The molecule has 0 heterocycles. The molecule has 1 amide bonds. The average molecular weight is 248 g/mol. The van der Waals surface area contributed by atoms with E-state index in [1.165, 1.54) is 0 Å². The van der Waals surface area contributed by atoms with Gasteiger partial charge in [-0.2, -0.15) is 0 Å². The second-order valence-corrected chi connectivity index (χ2v) is 6.26. The summed E-state index contributed by atoms with van der Waals surface area (Å²) in [4.78, 5) is 11.7. The Morgan fingerprint density at radius 3 is 2.62 bits per heavy atom. The largest absolute Gasteiger partial charge is 0.356 e. The van der Waals surface area contributed by atoms with Gasteiger partial charge in [0.25, 0.3) is 0 Å². The molecule has 0 aromatic carbocycles. The third-order valence-corrected chi connectivity index (χ3v) is 3.96. The average Bonchev–Trinajstić information content (AvgIpc) is 2.57. The van der Waals surface area contributed by atoms with Crippen molar-refractivity contribution < 1.29 is 13.2 Å². The predicted molar refractivity (Wildman–Crippen MR) is 62.1 cm³/mol. The van der Waals surface area contributed by atoms with E-state index in [-0.39, 0.29) is 17.6 Å². The molecule has 1 fully saturated rings. The second kappa shape index (κ2) is 5.63. The molecule has 16 heavy (non-hydrogen) atoms. The first kappa shape index (κ1) is 13.4. The number of carbonyl (C=O) groups excluding carboxylic acids is 1. The van der Waals surface area contributed by atoms with E-state index in [2.05, 4.69) is 12.2 Å². The Labute approximate surface area is 96.8 Å². The van der Waals surface area contributed by atoms with Crippen molar-refractivity contribution in [3.05, 3.63) is 0 Å². The zero-order valence-electron chi connectivity index (χ0n) is 9.61. The minimum Gasteiger partial charge on any atom is -0.356 e. The summed E-state index contributed by atoms with van der Waals surface area (Å²) in [5, 5.41) is 7.62. The Kier molecular flexibility index (Phi) is 4.73. The molecule has 0 radical (unpaired) electrons. The minimum absolute atomic E-state index is 0.0550. The molecule has 0 saturated heterocycles. The Bertz CT molecular complexity index is 340. The highest BCUT2D eigenvalue weighted by atomic mass is 32.2. The van der Waals surface area contributed by atoms with Crippen molar-refractivity contribution in [1.29, 1.82) is 0 Å². The topological polar surface area (TPSA) is 89.3 Å². The van der Waals surface area contributed by atoms with Crippen LogP contribution in [0, 0.1) is 11.8 Å². The lowest BCUT2D eigenvalue weighted by Crippen LogP contribution is -2.33. The monoisotopic (exact) mass is 248 g/mol. The molecular formula is C10H20N2O3S. The van der Waals surface area contributed by atoms with Crippen molar-refractivity contribution in [1.82, 2.24) is 5.32 Å². The molecule has 5 nitrogen and oxygen atoms in total. The molecule has 0 bridgehead atoms. The maximum Gasteiger partial charge on any atom is 0.223 e. The van der Waals surface area contributed by atoms with Crippen molar-refractivity contribution in [3.8, 4) is 0 Å². The fourth-order valence-corrected chi connectivity index (χ4v) is 2.70. The molecule has 1 rings (SSSR count). The number of rotatable bonds is 5. The first-order valence-electron chi connectivity index (χ1n) is 5.68. The number of sulfonamides is 1. The van der Waals surface area contributed by atoms with Gasteiger partial charge in [0, 0.05) is 12.5 Å². The van der Waals surface area contributed by atoms with Crippen LogP contribution in [0.25, 0.3) is 0 Å². The highest BCUT2D eigenvalue weighted by Crippen LogP contribution is 2.30. The van der Waals surface area contributed by atoms with Gasteiger partial charge in [0.2, 0.25) is 15.9 Å². The summed E-state index contributed by atoms with van der Waals surface area (Å²) in [6, 6.07) is 0. The zero-order chi connectivity index (χ0) is 12.2. The van der Waals surface area contributed by atoms with Gasteiger partial charge in [-0.1, -0.05) is 13.3 Å². The summed E-state index contributed by atoms with van der Waals surface area (Å²) in [6.45, 7) is 2.47. The number of amides is 1. The van der Waals surface area contributed by atoms with Gasteiger partial charge in [0.15, 0.2) is 0 Å². The smallest absolute Gasteiger partial charge is 0.223 e. The van der Waals surface area contributed by atoms with Crippen LogP contribution >= 0.6 is 0 Å². The van der Waals surface area contributed by atoms with Crippen LogP contribution in [0.15, 0.2) is 0 Å². The Balaban J connectivity index is 2.20. The lowest BCUT2D eigenvalue weighted by molar-refractivity contribution is -0.125. The molecule has 1 aliphatic carbocycles. The van der Waals surface area contributed by atoms with Crippen LogP contribution < -0.4 is 10.5 Å². The van der Waals surface area contributed by atoms with Crippen molar-refractivity contribution in [2.45, 2.75) is 32.6 Å². The third-order valence-electron chi connectivity index (χ3n) is 3.10. The van der Waals surface area contributed by atoms with Crippen molar-refractivity contribution in [2.24, 2.45) is 17.0 Å². The SMILES string of the molecule is CC1CCCC1C(=O)NCCCS(N)(=O)=O. The van der Waals surface area contributed by atoms with Gasteiger partial charge in [0.05, 0.1) is 5.75 Å². The maximum atomic E-state index is 11.7. The van der Waals surface area contributed by atoms with Gasteiger partial charge in [0.1, 0.15) is 0 Å². The number of carbonyl (C=O) groups is 1. The van der Waals surface area contributed by atoms with Gasteiger partial charge in [-0.05, 0) is 25.2 Å². The molecule has 2 unspecified atom stereocenters. The molecule has 0 aliphatic heterocycles. The van der Waals surface area contributed by atoms with Crippen LogP contribution in [0.2, 0.25) is 0 Å². The van der Waals surface area contributed by atoms with E-state index < -0.39 is 10.0 Å². The Morgan fingerprint density at radius 2 is 2.12 bits per heavy atom. The number of primary sulfonamides is 1. The molecule has 1 saturated carbocycles. The van der Waals surface area contributed by atoms with Crippen LogP contribution in [0.4, 0.5) is 0 Å². The van der Waals surface area contributed by atoms with E-state index in [4.69, 9.17) is 5.14 Å². The minimum atomic E-state index is -3.40. The van der Waals surface area contributed by atoms with Crippen LogP contribution in [0.3, 0.4) is 0 Å². The van der Waals surface area contributed by atoms with Crippen molar-refractivity contribution >= 4 is 15.9 Å². The van der Waals surface area contributed by atoms with Gasteiger partial charge in [-0.25, -0.2) is 13.6 Å². The predicted octanol–water partition coefficient (Wildman–Crippen LogP) is 0.217. The molecule has 1 aliphatic rings. The molecule has 6 heteroatoms. The quantitative estimate of drug-likeness (QED) is 0.682. The molecule has 2 atom stereocenters. The molecule has 3 N–H and O–H groups in total. The van der Waals surface area contributed by atoms with Gasteiger partial charge in [-0.3, -0.25) is 4.79 Å². The lowest BCUT2D eigenvalue weighted by atomic mass is 9.97. The van der Waals surface area contributed by atoms with Crippen molar-refractivity contribution in [2.75, 3.05) is 12.3 Å². The maximum absolute atomic E-state index is 11.7. The number of hydrogen-bond acceptors (Lipinski definition) is 3. The van der Waals surface area contributed by atoms with Crippen LogP contribution in [-0.4, -0.2) is 26.6 Å². The first-order chi connectivity index (χ1) is 7.40. The molecule has 0 aromatic heterocycles. The second-order valence-electron chi connectivity index (χ2n) is 4.53. The lowest BCUT2D eigenvalue weighted by Gasteiger charge is -2.14. The number of nitrogens with two attached hydrogens (primary N) is 1. The summed E-state index contributed by atoms with van der Waals surface area (Å²) in [7, 11) is -3.40. The van der Waals surface area contributed by atoms with Crippen LogP contribution in [-0.2, 0) is 14.8 Å². The van der Waals surface area contributed by atoms with Gasteiger partial charge >= 0.3 is 0 Å². The highest BCUT2D eigenvalue weighted by molar-refractivity contribution is 7.89. The summed E-state index contributed by atoms with van der Waals surface area (Å²) in [5.41, 5.74) is 0. The summed E-state index contributed by atoms with van der Waals surface area (Å²) >= 11 is 0. The third kappa shape index (κ3) is 4.49. The fourth-order valence-electron chi connectivity index (χ4n) is 2.15. The van der Waals surface area contributed by atoms with E-state index in [9.17, 15) is 13.2 Å². The summed E-state index contributed by atoms with van der Waals surface area (Å²) in [5.74, 6) is 0.528. The van der Waals surface area contributed by atoms with E-state index in [0.717, 1.165) is 19.3 Å². The fraction of sp³-hybridized carbons (Fsp3) is 0.900.